The normalized spacial score (nSPS) is 25.0. The van der Waals surface area contributed by atoms with Crippen LogP contribution in [0.3, 0.4) is 0 Å². The van der Waals surface area contributed by atoms with Crippen molar-refractivity contribution < 1.29 is 33.8 Å². The zero-order chi connectivity index (χ0) is 20.4. The van der Waals surface area contributed by atoms with Gasteiger partial charge in [-0.1, -0.05) is 0 Å². The van der Waals surface area contributed by atoms with Crippen LogP contribution in [0, 0.1) is 0 Å². The zero-order valence-corrected chi connectivity index (χ0v) is 16.5. The third kappa shape index (κ3) is 3.98. The van der Waals surface area contributed by atoms with E-state index in [1.165, 1.54) is 30.4 Å². The molecule has 3 heterocycles. The van der Waals surface area contributed by atoms with E-state index >= 15 is 0 Å². The highest BCUT2D eigenvalue weighted by Gasteiger charge is 2.54. The minimum atomic E-state index is -1.29. The third-order valence-corrected chi connectivity index (χ3v) is 6.40. The van der Waals surface area contributed by atoms with Crippen LogP contribution in [0.25, 0.3) is 0 Å². The lowest BCUT2D eigenvalue weighted by atomic mass is 10.0. The molecule has 28 heavy (non-hydrogen) atoms. The predicted molar refractivity (Wildman–Crippen MR) is 101 cm³/mol. The molecular formula is C16H19N3O7S2. The maximum absolute atomic E-state index is 12.5. The molecular weight excluding hydrogens is 410 g/mol. The predicted octanol–water partition coefficient (Wildman–Crippen LogP) is -0.780. The lowest BCUT2D eigenvalue weighted by Crippen LogP contribution is -2.71. The Morgan fingerprint density at radius 3 is 2.86 bits per heavy atom. The van der Waals surface area contributed by atoms with Gasteiger partial charge in [0.25, 0.3) is 5.91 Å². The molecule has 3 aliphatic heterocycles. The summed E-state index contributed by atoms with van der Waals surface area (Å²) in [5.74, 6) is -1.60. The number of esters is 1. The Balaban J connectivity index is 1.69. The second-order valence-electron chi connectivity index (χ2n) is 6.15. The van der Waals surface area contributed by atoms with Crippen LogP contribution in [0.2, 0.25) is 0 Å². The molecule has 152 valence electrons. The van der Waals surface area contributed by atoms with Crippen molar-refractivity contribution in [2.75, 3.05) is 24.7 Å². The summed E-state index contributed by atoms with van der Waals surface area (Å²) in [7, 11) is 0. The van der Waals surface area contributed by atoms with E-state index in [0.717, 1.165) is 10.7 Å². The van der Waals surface area contributed by atoms with Crippen molar-refractivity contribution >= 4 is 47.3 Å². The van der Waals surface area contributed by atoms with Crippen molar-refractivity contribution in [3.05, 3.63) is 22.4 Å². The van der Waals surface area contributed by atoms with E-state index in [1.807, 2.05) is 0 Å². The number of amides is 2. The second kappa shape index (κ2) is 8.45. The summed E-state index contributed by atoms with van der Waals surface area (Å²) in [5, 5.41) is 13.2. The Morgan fingerprint density at radius 1 is 1.50 bits per heavy atom. The van der Waals surface area contributed by atoms with Crippen LogP contribution in [0.1, 0.15) is 6.92 Å². The average molecular weight is 429 g/mol. The number of nitrogens with one attached hydrogen (secondary N) is 1. The quantitative estimate of drug-likeness (QED) is 0.363. The van der Waals surface area contributed by atoms with Crippen LogP contribution in [0.15, 0.2) is 22.4 Å². The summed E-state index contributed by atoms with van der Waals surface area (Å²) in [6.45, 7) is 1.46. The van der Waals surface area contributed by atoms with Crippen LogP contribution in [0.5, 0.6) is 0 Å². The Bertz CT molecular complexity index is 782. The van der Waals surface area contributed by atoms with Gasteiger partial charge in [-0.2, -0.15) is 0 Å². The summed E-state index contributed by atoms with van der Waals surface area (Å²) in [6.07, 6.45) is 0. The van der Waals surface area contributed by atoms with Gasteiger partial charge in [-0.05, 0) is 0 Å². The summed E-state index contributed by atoms with van der Waals surface area (Å²) in [5.41, 5.74) is 6.02. The first-order valence-corrected chi connectivity index (χ1v) is 10.4. The molecule has 0 aromatic carbocycles. The Kier molecular flexibility index (Phi) is 6.20. The maximum Gasteiger partial charge on any atom is 0.352 e. The van der Waals surface area contributed by atoms with Gasteiger partial charge in [-0.3, -0.25) is 19.3 Å². The number of hydrogen-bond acceptors (Lipinski definition) is 9. The van der Waals surface area contributed by atoms with E-state index in [9.17, 15) is 24.3 Å². The topological polar surface area (TPSA) is 148 Å². The highest BCUT2D eigenvalue weighted by atomic mass is 32.2. The van der Waals surface area contributed by atoms with Crippen LogP contribution in [-0.2, 0) is 28.7 Å². The summed E-state index contributed by atoms with van der Waals surface area (Å²) >= 11 is 2.77. The molecule has 0 aromatic rings. The molecule has 3 aliphatic rings. The van der Waals surface area contributed by atoms with Gasteiger partial charge in [0.2, 0.25) is 5.91 Å². The van der Waals surface area contributed by atoms with Crippen molar-refractivity contribution in [2.24, 2.45) is 5.73 Å². The fourth-order valence-corrected chi connectivity index (χ4v) is 4.90. The Hall–Kier alpha value is -2.18. The van der Waals surface area contributed by atoms with E-state index in [1.54, 1.807) is 5.41 Å². The monoisotopic (exact) mass is 429 g/mol. The number of carboxylic acid groups (broad SMARTS) is 1. The Labute approximate surface area is 168 Å². The number of carbonyl (C=O) groups excluding carboxylic acids is 3. The highest BCUT2D eigenvalue weighted by Crippen LogP contribution is 2.40. The number of fused-ring (bicyclic) bond motifs is 1. The fraction of sp³-hybridized carbons (Fsp3) is 0.500. The van der Waals surface area contributed by atoms with Gasteiger partial charge in [0.05, 0.1) is 6.61 Å². The van der Waals surface area contributed by atoms with E-state index in [2.05, 4.69) is 5.32 Å². The lowest BCUT2D eigenvalue weighted by molar-refractivity contribution is -0.151. The number of aliphatic carboxylic acids is 1. The molecule has 2 amide bonds. The molecule has 0 radical (unpaired) electrons. The smallest absolute Gasteiger partial charge is 0.352 e. The highest BCUT2D eigenvalue weighted by molar-refractivity contribution is 8.02. The van der Waals surface area contributed by atoms with Crippen molar-refractivity contribution in [1.82, 2.24) is 10.2 Å². The van der Waals surface area contributed by atoms with Gasteiger partial charge >= 0.3 is 11.9 Å². The number of ether oxygens (including phenoxy) is 2. The van der Waals surface area contributed by atoms with Crippen molar-refractivity contribution in [2.45, 2.75) is 24.4 Å². The maximum atomic E-state index is 12.5. The van der Waals surface area contributed by atoms with Crippen LogP contribution >= 0.6 is 23.5 Å². The van der Waals surface area contributed by atoms with E-state index in [4.69, 9.17) is 15.2 Å². The number of carbonyl (C=O) groups is 4. The summed E-state index contributed by atoms with van der Waals surface area (Å²) in [6, 6.07) is -1.93. The fourth-order valence-electron chi connectivity index (χ4n) is 2.90. The molecule has 12 heteroatoms. The first kappa shape index (κ1) is 20.6. The molecule has 0 aromatic heterocycles. The van der Waals surface area contributed by atoms with E-state index in [-0.39, 0.29) is 18.1 Å². The molecule has 0 saturated carbocycles. The van der Waals surface area contributed by atoms with Gasteiger partial charge in [0, 0.05) is 29.4 Å². The number of carboxylic acids is 1. The van der Waals surface area contributed by atoms with E-state index in [0.29, 0.717) is 17.9 Å². The van der Waals surface area contributed by atoms with Gasteiger partial charge < -0.3 is 25.6 Å². The third-order valence-electron chi connectivity index (χ3n) is 4.26. The number of β-lactam (4-membered cyclic amide) rings is 1. The van der Waals surface area contributed by atoms with Crippen molar-refractivity contribution in [3.63, 3.8) is 0 Å². The molecule has 4 N–H and O–H groups in total. The van der Waals surface area contributed by atoms with E-state index < -0.39 is 41.2 Å². The molecule has 0 spiro atoms. The molecule has 1 fully saturated rings. The van der Waals surface area contributed by atoms with Gasteiger partial charge in [-0.15, -0.1) is 23.5 Å². The van der Waals surface area contributed by atoms with Crippen LogP contribution in [-0.4, -0.2) is 75.9 Å². The Morgan fingerprint density at radius 2 is 2.25 bits per heavy atom. The lowest BCUT2D eigenvalue weighted by Gasteiger charge is -2.49. The first-order chi connectivity index (χ1) is 13.3. The molecule has 3 atom stereocenters. The standard InChI is InChI=1S/C16H19N3O7S2/c1-7(20)26-4-8-5-28-15-11(14(22)19(15)12(8)16(23)24)18-13(21)10(17)9-6-27-3-2-25-9/h6,10-11,15H,2-5,17H2,1H3,(H,18,21)(H,23,24). The number of nitrogens with zero attached hydrogens (tertiary/aromatic N) is 1. The number of nitrogens with two attached hydrogens (primary N) is 1. The minimum absolute atomic E-state index is 0.203. The van der Waals surface area contributed by atoms with Crippen LogP contribution in [0.4, 0.5) is 0 Å². The average Bonchev–Trinajstić information content (AvgIpc) is 2.69. The number of rotatable bonds is 6. The minimum Gasteiger partial charge on any atom is -0.494 e. The van der Waals surface area contributed by atoms with Crippen molar-refractivity contribution in [3.8, 4) is 0 Å². The summed E-state index contributed by atoms with van der Waals surface area (Å²) < 4.78 is 10.2. The molecule has 3 unspecified atom stereocenters. The number of thioether (sulfide) groups is 2. The molecule has 1 saturated heterocycles. The second-order valence-corrected chi connectivity index (χ2v) is 8.23. The molecule has 0 aliphatic carbocycles. The van der Waals surface area contributed by atoms with Crippen molar-refractivity contribution in [1.29, 1.82) is 0 Å². The van der Waals surface area contributed by atoms with Gasteiger partial charge in [0.1, 0.15) is 35.5 Å². The molecule has 10 nitrogen and oxygen atoms in total. The van der Waals surface area contributed by atoms with Gasteiger partial charge in [-0.25, -0.2) is 4.79 Å². The molecule has 0 bridgehead atoms. The first-order valence-electron chi connectivity index (χ1n) is 8.35. The SMILES string of the molecule is CC(=O)OCC1=C(C(=O)O)N2C(=O)C(NC(=O)C(N)C3=CSCCO3)C2SC1. The number of hydrogen-bond donors (Lipinski definition) is 3. The zero-order valence-electron chi connectivity index (χ0n) is 14.9. The summed E-state index contributed by atoms with van der Waals surface area (Å²) in [4.78, 5) is 48.7. The van der Waals surface area contributed by atoms with Gasteiger partial charge in [0.15, 0.2) is 0 Å². The van der Waals surface area contributed by atoms with Crippen LogP contribution < -0.4 is 11.1 Å². The largest absolute Gasteiger partial charge is 0.494 e. The molecule has 3 rings (SSSR count).